The molecule has 0 N–H and O–H groups in total. The smallest absolute Gasteiger partial charge is 0.300 e. The van der Waals surface area contributed by atoms with E-state index in [4.69, 9.17) is 4.42 Å². The number of benzene rings is 1. The largest absolute Gasteiger partial charge is 0.423 e. The number of nitrogens with zero attached hydrogens (tertiary/aromatic N) is 3. The molecule has 8 heteroatoms. The van der Waals surface area contributed by atoms with E-state index in [-0.39, 0.29) is 18.1 Å². The van der Waals surface area contributed by atoms with E-state index in [1.165, 1.54) is 0 Å². The summed E-state index contributed by atoms with van der Waals surface area (Å²) in [5, 5.41) is 7.44. The third-order valence-corrected chi connectivity index (χ3v) is 3.10. The lowest BCUT2D eigenvalue weighted by Crippen LogP contribution is -2.29. The molecular formula is C13H9F2N3O3. The highest BCUT2D eigenvalue weighted by atomic mass is 19.1. The van der Waals surface area contributed by atoms with E-state index in [0.717, 1.165) is 11.0 Å². The first-order valence-corrected chi connectivity index (χ1v) is 6.17. The van der Waals surface area contributed by atoms with Gasteiger partial charge in [0.05, 0.1) is 11.3 Å². The molecular weight excluding hydrogens is 284 g/mol. The van der Waals surface area contributed by atoms with Crippen LogP contribution < -0.4 is 4.90 Å². The Kier molecular flexibility index (Phi) is 3.00. The zero-order chi connectivity index (χ0) is 15.1. The summed E-state index contributed by atoms with van der Waals surface area (Å²) in [6.45, 7) is 1.59. The number of Topliss-reactive ketones (excluding diaryl/α,β-unsaturated/α-hetero) is 1. The van der Waals surface area contributed by atoms with E-state index in [9.17, 15) is 18.4 Å². The van der Waals surface area contributed by atoms with Crippen molar-refractivity contribution >= 4 is 17.4 Å². The Balaban J connectivity index is 2.01. The lowest BCUT2D eigenvalue weighted by Gasteiger charge is -2.13. The molecule has 0 bridgehead atoms. The predicted octanol–water partition coefficient (Wildman–Crippen LogP) is 1.64. The van der Waals surface area contributed by atoms with Crippen molar-refractivity contribution in [1.29, 1.82) is 0 Å². The first-order valence-electron chi connectivity index (χ1n) is 6.17. The number of aromatic nitrogens is 2. The molecule has 3 rings (SSSR count). The van der Waals surface area contributed by atoms with Gasteiger partial charge in [0.25, 0.3) is 11.7 Å². The zero-order valence-electron chi connectivity index (χ0n) is 10.9. The van der Waals surface area contributed by atoms with Crippen LogP contribution in [0.1, 0.15) is 29.1 Å². The zero-order valence-corrected chi connectivity index (χ0v) is 10.9. The number of hydrogen-bond acceptors (Lipinski definition) is 5. The number of amides is 1. The van der Waals surface area contributed by atoms with Gasteiger partial charge in [-0.15, -0.1) is 10.2 Å². The van der Waals surface area contributed by atoms with Crippen molar-refractivity contribution in [2.24, 2.45) is 0 Å². The van der Waals surface area contributed by atoms with Crippen LogP contribution in [0.3, 0.4) is 0 Å². The highest BCUT2D eigenvalue weighted by Gasteiger charge is 2.39. The Hall–Kier alpha value is -2.64. The van der Waals surface area contributed by atoms with Crippen molar-refractivity contribution in [3.8, 4) is 0 Å². The van der Waals surface area contributed by atoms with Crippen LogP contribution in [0.25, 0.3) is 0 Å². The molecule has 1 amide bonds. The van der Waals surface area contributed by atoms with Crippen molar-refractivity contribution in [2.75, 3.05) is 4.90 Å². The van der Waals surface area contributed by atoms with Gasteiger partial charge in [0.15, 0.2) is 0 Å². The minimum atomic E-state index is -1.06. The Bertz CT molecular complexity index is 757. The third-order valence-electron chi connectivity index (χ3n) is 3.10. The highest BCUT2D eigenvalue weighted by molar-refractivity contribution is 6.52. The van der Waals surface area contributed by atoms with E-state index >= 15 is 0 Å². The van der Waals surface area contributed by atoms with E-state index in [1.54, 1.807) is 0 Å². The molecule has 0 aliphatic carbocycles. The number of fused-ring (bicyclic) bond motifs is 1. The maximum Gasteiger partial charge on any atom is 0.300 e. The van der Waals surface area contributed by atoms with Crippen molar-refractivity contribution in [3.63, 3.8) is 0 Å². The quantitative estimate of drug-likeness (QED) is 0.804. The Morgan fingerprint density at radius 2 is 1.90 bits per heavy atom. The summed E-state index contributed by atoms with van der Waals surface area (Å²) in [6.07, 6.45) is 0.514. The lowest BCUT2D eigenvalue weighted by molar-refractivity contribution is -0.114. The fraction of sp³-hybridized carbons (Fsp3) is 0.231. The van der Waals surface area contributed by atoms with Crippen LogP contribution in [0.5, 0.6) is 0 Å². The molecule has 0 atom stereocenters. The van der Waals surface area contributed by atoms with Crippen LogP contribution in [-0.4, -0.2) is 21.9 Å². The standard InChI is InChI=1S/C13H9F2N3O3/c1-2-9-16-17-10(21-9)5-18-8-4-6(14)3-7(15)11(8)12(19)13(18)20/h3-4H,2,5H2,1H3. The van der Waals surface area contributed by atoms with Crippen LogP contribution in [0, 0.1) is 11.6 Å². The van der Waals surface area contributed by atoms with Gasteiger partial charge in [-0.3, -0.25) is 14.5 Å². The van der Waals surface area contributed by atoms with Gasteiger partial charge in [0.2, 0.25) is 11.8 Å². The molecule has 0 spiro atoms. The molecule has 1 aromatic heterocycles. The molecule has 2 aromatic rings. The van der Waals surface area contributed by atoms with Crippen LogP contribution >= 0.6 is 0 Å². The molecule has 0 fully saturated rings. The molecule has 2 heterocycles. The molecule has 21 heavy (non-hydrogen) atoms. The van der Waals surface area contributed by atoms with E-state index in [0.29, 0.717) is 18.4 Å². The number of anilines is 1. The van der Waals surface area contributed by atoms with Crippen LogP contribution in [-0.2, 0) is 17.8 Å². The van der Waals surface area contributed by atoms with Crippen molar-refractivity contribution in [2.45, 2.75) is 19.9 Å². The minimum Gasteiger partial charge on any atom is -0.423 e. The summed E-state index contributed by atoms with van der Waals surface area (Å²) < 4.78 is 32.2. The number of carbonyl (C=O) groups is 2. The Labute approximate surface area is 117 Å². The summed E-state index contributed by atoms with van der Waals surface area (Å²) in [7, 11) is 0. The second kappa shape index (κ2) is 4.72. The van der Waals surface area contributed by atoms with Gasteiger partial charge in [-0.05, 0) is 6.07 Å². The fourth-order valence-corrected chi connectivity index (χ4v) is 2.12. The average molecular weight is 293 g/mol. The van der Waals surface area contributed by atoms with Gasteiger partial charge < -0.3 is 4.42 Å². The SMILES string of the molecule is CCc1nnc(CN2C(=O)C(=O)c3c(F)cc(F)cc32)o1. The normalized spacial score (nSPS) is 14.0. The molecule has 1 aromatic carbocycles. The number of ketones is 1. The van der Waals surface area contributed by atoms with Gasteiger partial charge in [0.1, 0.15) is 18.2 Å². The second-order valence-electron chi connectivity index (χ2n) is 4.45. The number of aryl methyl sites for hydroxylation is 1. The van der Waals surface area contributed by atoms with Crippen molar-refractivity contribution < 1.29 is 22.8 Å². The van der Waals surface area contributed by atoms with Crippen molar-refractivity contribution in [1.82, 2.24) is 10.2 Å². The van der Waals surface area contributed by atoms with E-state index in [2.05, 4.69) is 10.2 Å². The van der Waals surface area contributed by atoms with Crippen LogP contribution in [0.4, 0.5) is 14.5 Å². The van der Waals surface area contributed by atoms with E-state index < -0.39 is 28.9 Å². The van der Waals surface area contributed by atoms with Crippen LogP contribution in [0.15, 0.2) is 16.5 Å². The number of carbonyl (C=O) groups excluding carboxylic acids is 2. The fourth-order valence-electron chi connectivity index (χ4n) is 2.12. The summed E-state index contributed by atoms with van der Waals surface area (Å²) in [5.74, 6) is -3.45. The van der Waals surface area contributed by atoms with Gasteiger partial charge in [-0.1, -0.05) is 6.92 Å². The molecule has 1 aliphatic heterocycles. The highest BCUT2D eigenvalue weighted by Crippen LogP contribution is 2.32. The molecule has 0 saturated heterocycles. The first kappa shape index (κ1) is 13.3. The average Bonchev–Trinajstić information content (AvgIpc) is 2.98. The minimum absolute atomic E-state index is 0.0884. The maximum atomic E-state index is 13.7. The van der Waals surface area contributed by atoms with Gasteiger partial charge in [-0.2, -0.15) is 0 Å². The van der Waals surface area contributed by atoms with Crippen molar-refractivity contribution in [3.05, 3.63) is 41.1 Å². The topological polar surface area (TPSA) is 76.3 Å². The Morgan fingerprint density at radius 3 is 2.57 bits per heavy atom. The van der Waals surface area contributed by atoms with Gasteiger partial charge >= 0.3 is 0 Å². The molecule has 6 nitrogen and oxygen atoms in total. The number of hydrogen-bond donors (Lipinski definition) is 0. The van der Waals surface area contributed by atoms with Gasteiger partial charge in [0, 0.05) is 12.5 Å². The maximum absolute atomic E-state index is 13.7. The summed E-state index contributed by atoms with van der Waals surface area (Å²) in [5.41, 5.74) is -0.560. The number of rotatable bonds is 3. The Morgan fingerprint density at radius 1 is 1.19 bits per heavy atom. The molecule has 0 saturated carbocycles. The lowest BCUT2D eigenvalue weighted by atomic mass is 10.1. The second-order valence-corrected chi connectivity index (χ2v) is 4.45. The molecule has 1 aliphatic rings. The summed E-state index contributed by atoms with van der Waals surface area (Å²) in [6, 6.07) is 1.49. The van der Waals surface area contributed by atoms with Gasteiger partial charge in [-0.25, -0.2) is 8.78 Å². The molecule has 0 radical (unpaired) electrons. The third kappa shape index (κ3) is 2.08. The van der Waals surface area contributed by atoms with Crippen LogP contribution in [0.2, 0.25) is 0 Å². The first-order chi connectivity index (χ1) is 10.0. The van der Waals surface area contributed by atoms with E-state index in [1.807, 2.05) is 6.92 Å². The molecule has 108 valence electrons. The monoisotopic (exact) mass is 293 g/mol. The molecule has 0 unspecified atom stereocenters. The number of halogens is 2. The predicted molar refractivity (Wildman–Crippen MR) is 65.6 cm³/mol. The summed E-state index contributed by atoms with van der Waals surface area (Å²) >= 11 is 0. The summed E-state index contributed by atoms with van der Waals surface area (Å²) in [4.78, 5) is 24.6.